The summed E-state index contributed by atoms with van der Waals surface area (Å²) < 4.78 is 82.3. The Morgan fingerprint density at radius 2 is 1.97 bits per heavy atom. The van der Waals surface area contributed by atoms with Crippen molar-refractivity contribution in [1.29, 1.82) is 0 Å². The van der Waals surface area contributed by atoms with Gasteiger partial charge in [-0.3, -0.25) is 4.79 Å². The van der Waals surface area contributed by atoms with E-state index < -0.39 is 46.3 Å². The van der Waals surface area contributed by atoms with Crippen LogP contribution in [-0.4, -0.2) is 54.9 Å². The van der Waals surface area contributed by atoms with Gasteiger partial charge in [-0.1, -0.05) is 11.8 Å². The lowest BCUT2D eigenvalue weighted by Gasteiger charge is -2.42. The van der Waals surface area contributed by atoms with Crippen LogP contribution in [0.2, 0.25) is 0 Å². The summed E-state index contributed by atoms with van der Waals surface area (Å²) in [6.45, 7) is 0. The lowest BCUT2D eigenvalue weighted by Crippen LogP contribution is -2.56. The lowest BCUT2D eigenvalue weighted by atomic mass is 9.79. The van der Waals surface area contributed by atoms with Crippen molar-refractivity contribution in [3.05, 3.63) is 17.9 Å². The summed E-state index contributed by atoms with van der Waals surface area (Å²) in [6.07, 6.45) is -3.88. The van der Waals surface area contributed by atoms with E-state index in [0.717, 1.165) is 7.11 Å². The summed E-state index contributed by atoms with van der Waals surface area (Å²) in [5.74, 6) is -6.52. The summed E-state index contributed by atoms with van der Waals surface area (Å²) in [7, 11) is 3.44. The van der Waals surface area contributed by atoms with Gasteiger partial charge in [-0.15, -0.1) is 0 Å². The molecule has 0 aliphatic carbocycles. The second-order valence-electron chi connectivity index (χ2n) is 6.83. The molecular weight excluding hydrogens is 436 g/mol. The molecule has 0 spiro atoms. The number of carbonyl (C=O) groups excluding carboxylic acids is 1. The van der Waals surface area contributed by atoms with E-state index in [1.54, 1.807) is 0 Å². The van der Waals surface area contributed by atoms with E-state index in [1.807, 2.05) is 0 Å². The number of esters is 1. The number of ether oxygens (including phenoxy) is 4. The van der Waals surface area contributed by atoms with Crippen LogP contribution < -0.4 is 14.2 Å². The minimum atomic E-state index is -4.73. The van der Waals surface area contributed by atoms with Gasteiger partial charge in [-0.25, -0.2) is 8.78 Å². The van der Waals surface area contributed by atoms with E-state index in [-0.39, 0.29) is 34.4 Å². The fourth-order valence-corrected chi connectivity index (χ4v) is 5.66. The Labute approximate surface area is 171 Å². The van der Waals surface area contributed by atoms with Crippen molar-refractivity contribution in [1.82, 2.24) is 0 Å². The van der Waals surface area contributed by atoms with Gasteiger partial charge in [0.2, 0.25) is 10.7 Å². The molecule has 1 aromatic heterocycles. The number of methoxy groups -OCH3 is 3. The van der Waals surface area contributed by atoms with Crippen molar-refractivity contribution in [2.75, 3.05) is 21.3 Å². The van der Waals surface area contributed by atoms with E-state index in [0.29, 0.717) is 5.39 Å². The zero-order chi connectivity index (χ0) is 22.1. The Morgan fingerprint density at radius 1 is 1.30 bits per heavy atom. The molecule has 2 bridgehead atoms. The Bertz CT molecular complexity index is 1030. The third-order valence-corrected chi connectivity index (χ3v) is 7.02. The number of rotatable bonds is 5. The first-order chi connectivity index (χ1) is 14.1. The number of furan rings is 1. The quantitative estimate of drug-likeness (QED) is 0.546. The van der Waals surface area contributed by atoms with Gasteiger partial charge in [0.05, 0.1) is 38.5 Å². The fourth-order valence-electron chi connectivity index (χ4n) is 4.01. The number of benzene rings is 1. The molecule has 2 aliphatic heterocycles. The van der Waals surface area contributed by atoms with Crippen molar-refractivity contribution in [3.8, 4) is 17.2 Å². The first-order valence-electron chi connectivity index (χ1n) is 8.56. The third-order valence-electron chi connectivity index (χ3n) is 5.33. The van der Waals surface area contributed by atoms with Gasteiger partial charge in [0, 0.05) is 6.42 Å². The highest BCUT2D eigenvalue weighted by atomic mass is 32.2. The molecule has 3 atom stereocenters. The number of hydrogen-bond donors (Lipinski definition) is 1. The van der Waals surface area contributed by atoms with Crippen LogP contribution in [0.1, 0.15) is 12.0 Å². The molecule has 1 N–H and O–H groups in total. The average molecular weight is 452 g/mol. The van der Waals surface area contributed by atoms with Gasteiger partial charge in [0.1, 0.15) is 16.6 Å². The zero-order valence-electron chi connectivity index (χ0n) is 15.8. The van der Waals surface area contributed by atoms with E-state index in [4.69, 9.17) is 18.6 Å². The number of thioether (sulfide) groups is 1. The minimum absolute atomic E-state index is 0.0255. The summed E-state index contributed by atoms with van der Waals surface area (Å²) >= 11 is 0.0811. The average Bonchev–Trinajstić information content (AvgIpc) is 3.27. The van der Waals surface area contributed by atoms with Crippen LogP contribution in [0.15, 0.2) is 16.7 Å². The topological polar surface area (TPSA) is 87.4 Å². The molecule has 1 saturated heterocycles. The molecular formula is C18H16F4O7S. The standard InChI is InChI=1S/C18H16F4O7S/c1-25-9-7-4-5-28-10(7)12(26-2)11-8(9)16(24)6-17(29-11,18(21,22)15(19)20)30-13(16)14(23)27-3/h4-5,13,15,24H,6H2,1-3H3/t13-,16+,17+/m0/s1. The van der Waals surface area contributed by atoms with Crippen molar-refractivity contribution in [3.63, 3.8) is 0 Å². The van der Waals surface area contributed by atoms with Crippen LogP contribution in [0.4, 0.5) is 17.6 Å². The molecule has 30 heavy (non-hydrogen) atoms. The van der Waals surface area contributed by atoms with Gasteiger partial charge >= 0.3 is 18.3 Å². The molecule has 2 aromatic rings. The predicted molar refractivity (Wildman–Crippen MR) is 95.5 cm³/mol. The van der Waals surface area contributed by atoms with Gasteiger partial charge in [-0.05, 0) is 6.07 Å². The highest BCUT2D eigenvalue weighted by Gasteiger charge is 2.76. The zero-order valence-corrected chi connectivity index (χ0v) is 16.6. The van der Waals surface area contributed by atoms with E-state index >= 15 is 0 Å². The van der Waals surface area contributed by atoms with Crippen molar-refractivity contribution in [2.45, 2.75) is 34.6 Å². The maximum atomic E-state index is 14.7. The molecule has 2 aliphatic rings. The molecule has 3 heterocycles. The van der Waals surface area contributed by atoms with E-state index in [9.17, 15) is 27.5 Å². The van der Waals surface area contributed by atoms with Gasteiger partial charge < -0.3 is 28.5 Å². The highest BCUT2D eigenvalue weighted by Crippen LogP contribution is 2.69. The maximum Gasteiger partial charge on any atom is 0.355 e. The second kappa shape index (κ2) is 6.58. The summed E-state index contributed by atoms with van der Waals surface area (Å²) in [4.78, 5) is 9.42. The predicted octanol–water partition coefficient (Wildman–Crippen LogP) is 3.31. The number of hydrogen-bond acceptors (Lipinski definition) is 8. The first kappa shape index (κ1) is 20.9. The van der Waals surface area contributed by atoms with Gasteiger partial charge in [-0.2, -0.15) is 8.78 Å². The van der Waals surface area contributed by atoms with Crippen molar-refractivity contribution >= 4 is 28.7 Å². The number of halogens is 4. The Balaban J connectivity index is 2.10. The lowest BCUT2D eigenvalue weighted by molar-refractivity contribution is -0.213. The van der Waals surface area contributed by atoms with Crippen LogP contribution in [0.3, 0.4) is 0 Å². The number of aliphatic hydroxyl groups is 1. The monoisotopic (exact) mass is 452 g/mol. The van der Waals surface area contributed by atoms with Crippen LogP contribution in [0, 0.1) is 0 Å². The molecule has 0 radical (unpaired) electrons. The van der Waals surface area contributed by atoms with Crippen molar-refractivity contribution in [2.24, 2.45) is 0 Å². The summed E-state index contributed by atoms with van der Waals surface area (Å²) in [6, 6.07) is 1.48. The van der Waals surface area contributed by atoms with Crippen LogP contribution >= 0.6 is 11.8 Å². The van der Waals surface area contributed by atoms with E-state index in [1.165, 1.54) is 26.5 Å². The number of carbonyl (C=O) groups is 1. The third kappa shape index (κ3) is 2.40. The van der Waals surface area contributed by atoms with Crippen LogP contribution in [-0.2, 0) is 15.1 Å². The minimum Gasteiger partial charge on any atom is -0.495 e. The maximum absolute atomic E-state index is 14.7. The highest BCUT2D eigenvalue weighted by molar-refractivity contribution is 8.02. The first-order valence-corrected chi connectivity index (χ1v) is 9.44. The summed E-state index contributed by atoms with van der Waals surface area (Å²) in [5.41, 5.74) is -2.53. The van der Waals surface area contributed by atoms with Gasteiger partial charge in [0.25, 0.3) is 0 Å². The Morgan fingerprint density at radius 3 is 2.53 bits per heavy atom. The smallest absolute Gasteiger partial charge is 0.355 e. The molecule has 4 rings (SSSR count). The molecule has 0 unspecified atom stereocenters. The van der Waals surface area contributed by atoms with Gasteiger partial charge in [0.15, 0.2) is 11.3 Å². The van der Waals surface area contributed by atoms with Crippen LogP contribution in [0.25, 0.3) is 11.0 Å². The number of fused-ring (bicyclic) bond motifs is 5. The van der Waals surface area contributed by atoms with Crippen LogP contribution in [0.5, 0.6) is 17.2 Å². The molecule has 0 saturated carbocycles. The Hall–Kier alpha value is -2.34. The number of alkyl halides is 4. The molecule has 164 valence electrons. The molecule has 1 aromatic carbocycles. The molecule has 12 heteroatoms. The normalized spacial score (nSPS) is 27.7. The SMILES string of the molecule is COC(=O)[C@@H]1S[C@@]2(C(F)(F)C(F)F)C[C@@]1(O)c1c(c(OC)c3occc3c1OC)O2. The molecule has 7 nitrogen and oxygen atoms in total. The molecule has 1 fully saturated rings. The van der Waals surface area contributed by atoms with E-state index in [2.05, 4.69) is 4.74 Å². The largest absolute Gasteiger partial charge is 0.495 e. The summed E-state index contributed by atoms with van der Waals surface area (Å²) in [5, 5.41) is 10.1. The molecule has 0 amide bonds. The fraction of sp³-hybridized carbons (Fsp3) is 0.500. The Kier molecular flexibility index (Phi) is 4.59. The van der Waals surface area contributed by atoms with Crippen molar-refractivity contribution < 1.29 is 50.8 Å². The second-order valence-corrected chi connectivity index (χ2v) is 8.20.